The third kappa shape index (κ3) is 5.54. The molecule has 1 aromatic rings. The van der Waals surface area contributed by atoms with Gasteiger partial charge >= 0.3 is 177 Å². The van der Waals surface area contributed by atoms with Crippen LogP contribution in [0.15, 0.2) is 21.6 Å². The van der Waals surface area contributed by atoms with Gasteiger partial charge in [-0.25, -0.2) is 0 Å². The van der Waals surface area contributed by atoms with Crippen LogP contribution in [0, 0.1) is 5.41 Å². The third-order valence-electron chi connectivity index (χ3n) is 3.97. The minimum atomic E-state index is 0.0630. The first-order valence-electron chi connectivity index (χ1n) is 9.19. The molecule has 1 aromatic heterocycles. The van der Waals surface area contributed by atoms with Gasteiger partial charge in [-0.3, -0.25) is 0 Å². The number of aliphatic imine (C=N–C) groups is 1. The zero-order chi connectivity index (χ0) is 20.6. The molecule has 148 valence electrons. The molecule has 0 aromatic carbocycles. The SMILES string of the molecule is CN(C)c1nc(C(C)(C)C)c(/C=C/C=C2/[Se]C(=[N+](C)C)N=C2C(C)(C)C)[se]1. The van der Waals surface area contributed by atoms with Gasteiger partial charge < -0.3 is 0 Å². The van der Waals surface area contributed by atoms with Gasteiger partial charge in [0.2, 0.25) is 0 Å². The molecule has 0 atom stereocenters. The van der Waals surface area contributed by atoms with Crippen molar-refractivity contribution in [3.8, 4) is 0 Å². The van der Waals surface area contributed by atoms with Gasteiger partial charge in [-0.05, 0) is 0 Å². The zero-order valence-corrected chi connectivity index (χ0v) is 21.8. The average molecular weight is 499 g/mol. The molecular formula is C21H33N4Se2+. The number of aromatic nitrogens is 1. The van der Waals surface area contributed by atoms with Crippen molar-refractivity contribution in [3.63, 3.8) is 0 Å². The van der Waals surface area contributed by atoms with Gasteiger partial charge in [0.05, 0.1) is 0 Å². The van der Waals surface area contributed by atoms with E-state index in [-0.39, 0.29) is 40.3 Å². The van der Waals surface area contributed by atoms with E-state index >= 15 is 0 Å². The summed E-state index contributed by atoms with van der Waals surface area (Å²) in [6.07, 6.45) is 6.77. The molecule has 0 bridgehead atoms. The molecule has 1 aliphatic heterocycles. The maximum absolute atomic E-state index is 4.93. The van der Waals surface area contributed by atoms with Crippen LogP contribution in [0.1, 0.15) is 51.7 Å². The van der Waals surface area contributed by atoms with E-state index in [9.17, 15) is 0 Å². The molecule has 6 heteroatoms. The fourth-order valence-electron chi connectivity index (χ4n) is 2.55. The third-order valence-corrected chi connectivity index (χ3v) is 8.95. The summed E-state index contributed by atoms with van der Waals surface area (Å²) in [5, 5.41) is 0. The normalized spacial score (nSPS) is 17.2. The Morgan fingerprint density at radius 3 is 2.11 bits per heavy atom. The summed E-state index contributed by atoms with van der Waals surface area (Å²) in [5.41, 5.74) is 2.58. The minimum absolute atomic E-state index is 0.0630. The Labute approximate surface area is 177 Å². The molecule has 0 unspecified atom stereocenters. The van der Waals surface area contributed by atoms with Crippen molar-refractivity contribution in [3.05, 3.63) is 26.8 Å². The Bertz CT molecular complexity index is 821. The van der Waals surface area contributed by atoms with Crippen molar-refractivity contribution in [2.75, 3.05) is 33.1 Å². The monoisotopic (exact) mass is 501 g/mol. The molecule has 0 amide bonds. The van der Waals surface area contributed by atoms with Crippen LogP contribution in [-0.2, 0) is 5.41 Å². The topological polar surface area (TPSA) is 31.5 Å². The Morgan fingerprint density at radius 1 is 1.00 bits per heavy atom. The van der Waals surface area contributed by atoms with Crippen LogP contribution in [0.25, 0.3) is 6.08 Å². The molecule has 4 nitrogen and oxygen atoms in total. The van der Waals surface area contributed by atoms with Crippen LogP contribution in [-0.4, -0.2) is 77.7 Å². The first kappa shape index (κ1) is 22.4. The zero-order valence-electron chi connectivity index (χ0n) is 18.3. The van der Waals surface area contributed by atoms with Gasteiger partial charge in [0.1, 0.15) is 0 Å². The molecular weight excluding hydrogens is 466 g/mol. The summed E-state index contributed by atoms with van der Waals surface area (Å²) in [7, 11) is 8.34. The van der Waals surface area contributed by atoms with Crippen molar-refractivity contribution in [1.82, 2.24) is 4.98 Å². The van der Waals surface area contributed by atoms with Gasteiger partial charge in [0.25, 0.3) is 0 Å². The Kier molecular flexibility index (Phi) is 6.80. The van der Waals surface area contributed by atoms with E-state index < -0.39 is 0 Å². The predicted octanol–water partition coefficient (Wildman–Crippen LogP) is 3.23. The summed E-state index contributed by atoms with van der Waals surface area (Å²) in [4.78, 5) is 12.0. The van der Waals surface area contributed by atoms with E-state index in [2.05, 4.69) is 97.4 Å². The Morgan fingerprint density at radius 2 is 1.63 bits per heavy atom. The van der Waals surface area contributed by atoms with Crippen molar-refractivity contribution >= 4 is 50.7 Å². The van der Waals surface area contributed by atoms with Gasteiger partial charge in [0, 0.05) is 0 Å². The van der Waals surface area contributed by atoms with Crippen LogP contribution in [0.5, 0.6) is 0 Å². The fourth-order valence-corrected chi connectivity index (χ4v) is 7.21. The molecule has 0 saturated carbocycles. The second-order valence-electron chi connectivity index (χ2n) is 9.23. The predicted molar refractivity (Wildman–Crippen MR) is 121 cm³/mol. The van der Waals surface area contributed by atoms with Crippen LogP contribution in [0.4, 0.5) is 4.69 Å². The van der Waals surface area contributed by atoms with Crippen molar-refractivity contribution in [2.45, 2.75) is 47.0 Å². The molecule has 2 rings (SSSR count). The number of amidine groups is 1. The first-order valence-corrected chi connectivity index (χ1v) is 12.6. The van der Waals surface area contributed by atoms with Crippen LogP contribution >= 0.6 is 0 Å². The van der Waals surface area contributed by atoms with Gasteiger partial charge in [-0.1, -0.05) is 0 Å². The standard InChI is InChI=1S/C21H33N4Se2/c1-20(2,3)16-14(26-18(22-16)24(7)8)12-11-13-15-17(21(4,5)6)23-19(27-15)25(9)10/h11-13H,1-10H3/q+1. The fraction of sp³-hybridized carbons (Fsp3) is 0.571. The quantitative estimate of drug-likeness (QED) is 0.473. The number of rotatable bonds is 3. The van der Waals surface area contributed by atoms with Crippen LogP contribution in [0.2, 0.25) is 0 Å². The molecule has 0 N–H and O–H groups in total. The summed E-state index contributed by atoms with van der Waals surface area (Å²) >= 11 is 0.535. The van der Waals surface area contributed by atoms with E-state index in [1.807, 2.05) is 0 Å². The van der Waals surface area contributed by atoms with Gasteiger partial charge in [-0.2, -0.15) is 0 Å². The Hall–Kier alpha value is -0.931. The number of hydrogen-bond acceptors (Lipinski definition) is 2. The van der Waals surface area contributed by atoms with Crippen molar-refractivity contribution in [2.24, 2.45) is 10.4 Å². The molecule has 2 heterocycles. The molecule has 0 saturated heterocycles. The molecule has 0 spiro atoms. The molecule has 27 heavy (non-hydrogen) atoms. The second-order valence-corrected chi connectivity index (χ2v) is 13.5. The molecule has 1 aliphatic rings. The van der Waals surface area contributed by atoms with Crippen LogP contribution < -0.4 is 4.90 Å². The number of anilines is 1. The van der Waals surface area contributed by atoms with E-state index in [1.54, 1.807) is 0 Å². The first-order chi connectivity index (χ1) is 12.3. The summed E-state index contributed by atoms with van der Waals surface area (Å²) < 4.78 is 7.31. The van der Waals surface area contributed by atoms with Crippen molar-refractivity contribution < 1.29 is 4.58 Å². The van der Waals surface area contributed by atoms with E-state index in [4.69, 9.17) is 9.98 Å². The van der Waals surface area contributed by atoms with E-state index in [0.29, 0.717) is 0 Å². The number of allylic oxidation sites excluding steroid dienone is 3. The summed E-state index contributed by atoms with van der Waals surface area (Å²) in [6, 6.07) is 0. The van der Waals surface area contributed by atoms with E-state index in [1.165, 1.54) is 29.7 Å². The van der Waals surface area contributed by atoms with Crippen LogP contribution in [0.3, 0.4) is 0 Å². The van der Waals surface area contributed by atoms with Gasteiger partial charge in [-0.15, -0.1) is 0 Å². The summed E-state index contributed by atoms with van der Waals surface area (Å²) in [5.74, 6) is 0. The van der Waals surface area contributed by atoms with E-state index in [0.717, 1.165) is 0 Å². The van der Waals surface area contributed by atoms with Crippen molar-refractivity contribution in [1.29, 1.82) is 0 Å². The molecule has 0 aliphatic carbocycles. The van der Waals surface area contributed by atoms with Gasteiger partial charge in [0.15, 0.2) is 0 Å². The summed E-state index contributed by atoms with van der Waals surface area (Å²) in [6.45, 7) is 13.5. The maximum atomic E-state index is 4.93. The average Bonchev–Trinajstić information content (AvgIpc) is 3.10. The molecule has 0 fully saturated rings. The molecule has 0 radical (unpaired) electrons. The Balaban J connectivity index is 2.39. The number of nitrogens with zero attached hydrogens (tertiary/aromatic N) is 4. The number of hydrogen-bond donors (Lipinski definition) is 0. The second kappa shape index (κ2) is 8.21.